The lowest BCUT2D eigenvalue weighted by Crippen LogP contribution is -2.45. The van der Waals surface area contributed by atoms with Gasteiger partial charge in [0, 0.05) is 17.8 Å². The van der Waals surface area contributed by atoms with Crippen LogP contribution in [0, 0.1) is 5.92 Å². The molecule has 1 fully saturated rings. The largest absolute Gasteiger partial charge is 0.366 e. The fraction of sp³-hybridized carbons (Fsp3) is 0.647. The van der Waals surface area contributed by atoms with Gasteiger partial charge in [-0.1, -0.05) is 39.0 Å². The summed E-state index contributed by atoms with van der Waals surface area (Å²) in [5.74, 6) is 0.584. The third kappa shape index (κ3) is 2.51. The Morgan fingerprint density at radius 1 is 1.26 bits per heavy atom. The molecule has 1 aliphatic heterocycles. The molecule has 0 spiro atoms. The first kappa shape index (κ1) is 14.4. The van der Waals surface area contributed by atoms with Crippen LogP contribution in [0.3, 0.4) is 0 Å². The Morgan fingerprint density at radius 3 is 2.42 bits per heavy atom. The monoisotopic (exact) mass is 260 g/mol. The van der Waals surface area contributed by atoms with Crippen molar-refractivity contribution in [2.75, 3.05) is 18.0 Å². The molecule has 1 saturated heterocycles. The molecule has 0 aromatic heterocycles. The highest BCUT2D eigenvalue weighted by Crippen LogP contribution is 2.41. The minimum absolute atomic E-state index is 0.149. The van der Waals surface area contributed by atoms with Crippen molar-refractivity contribution in [2.45, 2.75) is 52.0 Å². The lowest BCUT2D eigenvalue weighted by molar-refractivity contribution is 0.372. The normalized spacial score (nSPS) is 22.8. The van der Waals surface area contributed by atoms with Gasteiger partial charge in [0.2, 0.25) is 0 Å². The number of hydrogen-bond acceptors (Lipinski definition) is 2. The SMILES string of the molecule is CC(C)(C)c1ccccc1N1CCC(CN)C1(C)C. The van der Waals surface area contributed by atoms with Gasteiger partial charge in [-0.25, -0.2) is 0 Å². The molecule has 0 aliphatic carbocycles. The predicted octanol–water partition coefficient (Wildman–Crippen LogP) is 3.55. The van der Waals surface area contributed by atoms with Crippen LogP contribution in [0.15, 0.2) is 24.3 Å². The molecule has 2 rings (SSSR count). The molecule has 2 nitrogen and oxygen atoms in total. The summed E-state index contributed by atoms with van der Waals surface area (Å²) in [5, 5.41) is 0. The summed E-state index contributed by atoms with van der Waals surface area (Å²) in [6, 6.07) is 8.83. The van der Waals surface area contributed by atoms with E-state index in [2.05, 4.69) is 63.8 Å². The zero-order valence-electron chi connectivity index (χ0n) is 13.0. The van der Waals surface area contributed by atoms with Crippen molar-refractivity contribution in [2.24, 2.45) is 11.7 Å². The van der Waals surface area contributed by atoms with Gasteiger partial charge in [-0.2, -0.15) is 0 Å². The molecule has 1 atom stereocenters. The Balaban J connectivity index is 2.44. The number of nitrogens with two attached hydrogens (primary N) is 1. The van der Waals surface area contributed by atoms with Crippen molar-refractivity contribution in [3.05, 3.63) is 29.8 Å². The summed E-state index contributed by atoms with van der Waals surface area (Å²) >= 11 is 0. The number of hydrogen-bond donors (Lipinski definition) is 1. The summed E-state index contributed by atoms with van der Waals surface area (Å²) in [5.41, 5.74) is 9.09. The molecular weight excluding hydrogens is 232 g/mol. The highest BCUT2D eigenvalue weighted by Gasteiger charge is 2.41. The second-order valence-electron chi connectivity index (χ2n) is 7.29. The van der Waals surface area contributed by atoms with Gasteiger partial charge in [-0.05, 0) is 49.8 Å². The second-order valence-corrected chi connectivity index (χ2v) is 7.29. The highest BCUT2D eigenvalue weighted by molar-refractivity contribution is 5.59. The van der Waals surface area contributed by atoms with Crippen molar-refractivity contribution >= 4 is 5.69 Å². The van der Waals surface area contributed by atoms with Crippen molar-refractivity contribution in [3.8, 4) is 0 Å². The smallest absolute Gasteiger partial charge is 0.0408 e. The summed E-state index contributed by atoms with van der Waals surface area (Å²) in [7, 11) is 0. The zero-order chi connectivity index (χ0) is 14.3. The van der Waals surface area contributed by atoms with E-state index in [9.17, 15) is 0 Å². The number of benzene rings is 1. The summed E-state index contributed by atoms with van der Waals surface area (Å²) < 4.78 is 0. The van der Waals surface area contributed by atoms with Crippen molar-refractivity contribution < 1.29 is 0 Å². The maximum Gasteiger partial charge on any atom is 0.0408 e. The number of nitrogens with zero attached hydrogens (tertiary/aromatic N) is 1. The van der Waals surface area contributed by atoms with Crippen molar-refractivity contribution in [1.82, 2.24) is 0 Å². The Hall–Kier alpha value is -1.02. The van der Waals surface area contributed by atoms with E-state index in [1.165, 1.54) is 17.7 Å². The summed E-state index contributed by atoms with van der Waals surface area (Å²) in [4.78, 5) is 2.56. The number of para-hydroxylation sites is 1. The standard InChI is InChI=1S/C17H28N2/c1-16(2,3)14-8-6-7-9-15(14)19-11-10-13(12-18)17(19,4)5/h6-9,13H,10-12,18H2,1-5H3. The van der Waals surface area contributed by atoms with Gasteiger partial charge in [0.05, 0.1) is 0 Å². The van der Waals surface area contributed by atoms with E-state index in [-0.39, 0.29) is 11.0 Å². The molecule has 19 heavy (non-hydrogen) atoms. The second kappa shape index (κ2) is 4.82. The van der Waals surface area contributed by atoms with Crippen LogP contribution < -0.4 is 10.6 Å². The van der Waals surface area contributed by atoms with Crippen LogP contribution in [0.4, 0.5) is 5.69 Å². The van der Waals surface area contributed by atoms with Crippen LogP contribution in [0.1, 0.15) is 46.6 Å². The first-order valence-corrected chi connectivity index (χ1v) is 7.35. The van der Waals surface area contributed by atoms with Crippen molar-refractivity contribution in [1.29, 1.82) is 0 Å². The van der Waals surface area contributed by atoms with Crippen LogP contribution >= 0.6 is 0 Å². The van der Waals surface area contributed by atoms with E-state index < -0.39 is 0 Å². The van der Waals surface area contributed by atoms with Crippen LogP contribution in [0.5, 0.6) is 0 Å². The third-order valence-electron chi connectivity index (χ3n) is 4.68. The molecule has 2 heteroatoms. The Bertz CT molecular complexity index is 443. The molecular formula is C17H28N2. The molecule has 1 aromatic carbocycles. The minimum Gasteiger partial charge on any atom is -0.366 e. The van der Waals surface area contributed by atoms with Crippen LogP contribution in [-0.4, -0.2) is 18.6 Å². The van der Waals surface area contributed by atoms with Gasteiger partial charge >= 0.3 is 0 Å². The maximum absolute atomic E-state index is 5.95. The van der Waals surface area contributed by atoms with Gasteiger partial charge in [0.25, 0.3) is 0 Å². The molecule has 1 aliphatic rings. The Morgan fingerprint density at radius 2 is 1.89 bits per heavy atom. The fourth-order valence-corrected chi connectivity index (χ4v) is 3.33. The van der Waals surface area contributed by atoms with Gasteiger partial charge in [0.1, 0.15) is 0 Å². The van der Waals surface area contributed by atoms with E-state index in [4.69, 9.17) is 5.73 Å². The molecule has 1 aromatic rings. The summed E-state index contributed by atoms with van der Waals surface area (Å²) in [6.45, 7) is 13.4. The topological polar surface area (TPSA) is 29.3 Å². The minimum atomic E-state index is 0.149. The molecule has 106 valence electrons. The van der Waals surface area contributed by atoms with Crippen LogP contribution in [0.25, 0.3) is 0 Å². The Labute approximate surface area is 118 Å². The van der Waals surface area contributed by atoms with E-state index in [1.54, 1.807) is 0 Å². The summed E-state index contributed by atoms with van der Waals surface area (Å²) in [6.07, 6.45) is 1.20. The first-order chi connectivity index (χ1) is 8.78. The van der Waals surface area contributed by atoms with E-state index in [0.29, 0.717) is 5.92 Å². The molecule has 1 unspecified atom stereocenters. The zero-order valence-corrected chi connectivity index (χ0v) is 13.0. The van der Waals surface area contributed by atoms with Gasteiger partial charge in [-0.15, -0.1) is 0 Å². The fourth-order valence-electron chi connectivity index (χ4n) is 3.33. The Kier molecular flexibility index (Phi) is 3.65. The van der Waals surface area contributed by atoms with Gasteiger partial charge in [-0.3, -0.25) is 0 Å². The van der Waals surface area contributed by atoms with Crippen LogP contribution in [0.2, 0.25) is 0 Å². The molecule has 0 bridgehead atoms. The average Bonchev–Trinajstić information content (AvgIpc) is 2.62. The lowest BCUT2D eigenvalue weighted by Gasteiger charge is -2.40. The number of rotatable bonds is 2. The average molecular weight is 260 g/mol. The lowest BCUT2D eigenvalue weighted by atomic mass is 9.83. The quantitative estimate of drug-likeness (QED) is 0.881. The predicted molar refractivity (Wildman–Crippen MR) is 83.7 cm³/mol. The maximum atomic E-state index is 5.95. The van der Waals surface area contributed by atoms with Gasteiger partial charge < -0.3 is 10.6 Å². The van der Waals surface area contributed by atoms with E-state index in [1.807, 2.05) is 0 Å². The molecule has 1 heterocycles. The molecule has 0 saturated carbocycles. The molecule has 0 radical (unpaired) electrons. The molecule has 0 amide bonds. The third-order valence-corrected chi connectivity index (χ3v) is 4.68. The van der Waals surface area contributed by atoms with Crippen molar-refractivity contribution in [3.63, 3.8) is 0 Å². The highest BCUT2D eigenvalue weighted by atomic mass is 15.2. The van der Waals surface area contributed by atoms with E-state index >= 15 is 0 Å². The van der Waals surface area contributed by atoms with E-state index in [0.717, 1.165) is 13.1 Å². The first-order valence-electron chi connectivity index (χ1n) is 7.35. The molecule has 2 N–H and O–H groups in total. The van der Waals surface area contributed by atoms with Crippen LogP contribution in [-0.2, 0) is 5.41 Å². The van der Waals surface area contributed by atoms with Gasteiger partial charge in [0.15, 0.2) is 0 Å². The number of anilines is 1.